The zero-order chi connectivity index (χ0) is 18.9. The van der Waals surface area contributed by atoms with E-state index in [1.807, 2.05) is 50.2 Å². The Bertz CT molecular complexity index is 799. The molecule has 3 rings (SSSR count). The first-order chi connectivity index (χ1) is 12.2. The molecule has 26 heavy (non-hydrogen) atoms. The molecule has 1 radical (unpaired) electrons. The summed E-state index contributed by atoms with van der Waals surface area (Å²) in [5, 5.41) is 10.8. The monoisotopic (exact) mass is 373 g/mol. The smallest absolute Gasteiger partial charge is 0.332 e. The van der Waals surface area contributed by atoms with Gasteiger partial charge in [0.05, 0.1) is 11.2 Å². The van der Waals surface area contributed by atoms with Crippen LogP contribution in [0.15, 0.2) is 36.4 Å². The number of halogens is 1. The zero-order valence-corrected chi connectivity index (χ0v) is 16.3. The SMILES string of the molecule is CC(C)(O)C(C)(C)O[B]c1cccc(-c2ccc3c(c2)OCCO3)c1Cl. The minimum Gasteiger partial charge on any atom is -0.486 e. The Morgan fingerprint density at radius 2 is 1.73 bits per heavy atom. The molecule has 0 aliphatic carbocycles. The lowest BCUT2D eigenvalue weighted by atomic mass is 9.81. The molecule has 2 aromatic carbocycles. The van der Waals surface area contributed by atoms with E-state index in [1.54, 1.807) is 21.3 Å². The Kier molecular flexibility index (Phi) is 5.24. The van der Waals surface area contributed by atoms with Crippen LogP contribution < -0.4 is 14.9 Å². The maximum atomic E-state index is 10.2. The van der Waals surface area contributed by atoms with Gasteiger partial charge in [-0.2, -0.15) is 0 Å². The van der Waals surface area contributed by atoms with Crippen LogP contribution >= 0.6 is 11.6 Å². The second-order valence-electron chi connectivity index (χ2n) is 7.37. The molecule has 0 aromatic heterocycles. The molecule has 0 saturated carbocycles. The molecule has 0 unspecified atom stereocenters. The van der Waals surface area contributed by atoms with E-state index in [9.17, 15) is 5.11 Å². The van der Waals surface area contributed by atoms with Gasteiger partial charge in [0.15, 0.2) is 11.5 Å². The van der Waals surface area contributed by atoms with Crippen molar-refractivity contribution in [1.82, 2.24) is 0 Å². The van der Waals surface area contributed by atoms with Gasteiger partial charge in [-0.3, -0.25) is 0 Å². The standard InChI is InChI=1S/C20H23BClO4/c1-19(2,23)20(3,4)26-21-15-7-5-6-14(18(15)22)13-8-9-16-17(12-13)25-11-10-24-16/h5-9,12,23H,10-11H2,1-4H3. The quantitative estimate of drug-likeness (QED) is 0.814. The third-order valence-electron chi connectivity index (χ3n) is 4.84. The summed E-state index contributed by atoms with van der Waals surface area (Å²) in [6.45, 7) is 8.20. The van der Waals surface area contributed by atoms with E-state index >= 15 is 0 Å². The van der Waals surface area contributed by atoms with E-state index in [-0.39, 0.29) is 0 Å². The Morgan fingerprint density at radius 3 is 2.42 bits per heavy atom. The summed E-state index contributed by atoms with van der Waals surface area (Å²) in [7, 11) is 1.60. The Balaban J connectivity index is 1.86. The van der Waals surface area contributed by atoms with Gasteiger partial charge in [0, 0.05) is 5.02 Å². The van der Waals surface area contributed by atoms with Gasteiger partial charge in [0.25, 0.3) is 0 Å². The summed E-state index contributed by atoms with van der Waals surface area (Å²) in [4.78, 5) is 0. The molecule has 0 spiro atoms. The minimum absolute atomic E-state index is 0.540. The fourth-order valence-corrected chi connectivity index (χ4v) is 2.71. The Morgan fingerprint density at radius 1 is 1.04 bits per heavy atom. The van der Waals surface area contributed by atoms with Crippen LogP contribution in [-0.2, 0) is 4.65 Å². The number of benzene rings is 2. The average molecular weight is 374 g/mol. The van der Waals surface area contributed by atoms with Gasteiger partial charge < -0.3 is 19.2 Å². The van der Waals surface area contributed by atoms with Gasteiger partial charge in [-0.25, -0.2) is 0 Å². The molecular weight excluding hydrogens is 350 g/mol. The Hall–Kier alpha value is -1.69. The topological polar surface area (TPSA) is 47.9 Å². The highest BCUT2D eigenvalue weighted by atomic mass is 35.5. The molecule has 137 valence electrons. The molecule has 0 saturated heterocycles. The van der Waals surface area contributed by atoms with E-state index in [2.05, 4.69) is 0 Å². The number of rotatable bonds is 5. The lowest BCUT2D eigenvalue weighted by Crippen LogP contribution is -2.49. The molecule has 0 amide bonds. The third kappa shape index (κ3) is 3.85. The van der Waals surface area contributed by atoms with Crippen molar-refractivity contribution < 1.29 is 19.2 Å². The van der Waals surface area contributed by atoms with Crippen LogP contribution in [0.2, 0.25) is 5.02 Å². The maximum absolute atomic E-state index is 10.2. The number of hydrogen-bond acceptors (Lipinski definition) is 4. The van der Waals surface area contributed by atoms with Gasteiger partial charge in [-0.1, -0.05) is 35.9 Å². The third-order valence-corrected chi connectivity index (χ3v) is 5.26. The highest BCUT2D eigenvalue weighted by molar-refractivity contribution is 6.54. The van der Waals surface area contributed by atoms with Crippen molar-refractivity contribution in [1.29, 1.82) is 0 Å². The minimum atomic E-state index is -0.997. The van der Waals surface area contributed by atoms with Gasteiger partial charge in [0.1, 0.15) is 13.2 Å². The number of ether oxygens (including phenoxy) is 2. The van der Waals surface area contributed by atoms with Crippen LogP contribution in [0.3, 0.4) is 0 Å². The first-order valence-corrected chi connectivity index (χ1v) is 8.99. The summed E-state index contributed by atoms with van der Waals surface area (Å²) in [5.41, 5.74) is 0.807. The van der Waals surface area contributed by atoms with Gasteiger partial charge in [0.2, 0.25) is 0 Å². The normalized spacial score (nSPS) is 14.2. The first kappa shape index (κ1) is 19.1. The van der Waals surface area contributed by atoms with Crippen molar-refractivity contribution in [3.05, 3.63) is 41.4 Å². The summed E-state index contributed by atoms with van der Waals surface area (Å²) in [6.07, 6.45) is 0. The average Bonchev–Trinajstić information content (AvgIpc) is 2.59. The highest BCUT2D eigenvalue weighted by Crippen LogP contribution is 2.36. The second kappa shape index (κ2) is 7.14. The van der Waals surface area contributed by atoms with E-state index in [1.165, 1.54) is 0 Å². The molecule has 1 aliphatic rings. The van der Waals surface area contributed by atoms with Gasteiger partial charge >= 0.3 is 7.48 Å². The number of fused-ring (bicyclic) bond motifs is 1. The van der Waals surface area contributed by atoms with E-state index in [0.717, 1.165) is 28.1 Å². The molecule has 0 bridgehead atoms. The highest BCUT2D eigenvalue weighted by Gasteiger charge is 2.36. The lowest BCUT2D eigenvalue weighted by molar-refractivity contribution is -0.0893. The van der Waals surface area contributed by atoms with Crippen molar-refractivity contribution in [2.45, 2.75) is 38.9 Å². The second-order valence-corrected chi connectivity index (χ2v) is 7.75. The van der Waals surface area contributed by atoms with E-state index < -0.39 is 11.2 Å². The van der Waals surface area contributed by atoms with Crippen LogP contribution in [0.5, 0.6) is 11.5 Å². The molecule has 1 heterocycles. The van der Waals surface area contributed by atoms with Crippen molar-refractivity contribution in [2.75, 3.05) is 13.2 Å². The fourth-order valence-electron chi connectivity index (χ4n) is 2.43. The summed E-state index contributed by atoms with van der Waals surface area (Å²) < 4.78 is 17.1. The summed E-state index contributed by atoms with van der Waals surface area (Å²) in [5.74, 6) is 1.47. The van der Waals surface area contributed by atoms with Crippen LogP contribution in [0, 0.1) is 0 Å². The van der Waals surface area contributed by atoms with Crippen molar-refractivity contribution in [3.63, 3.8) is 0 Å². The van der Waals surface area contributed by atoms with Gasteiger partial charge in [-0.05, 0) is 56.4 Å². The zero-order valence-electron chi connectivity index (χ0n) is 15.5. The largest absolute Gasteiger partial charge is 0.486 e. The summed E-state index contributed by atoms with van der Waals surface area (Å²) >= 11 is 6.62. The molecule has 4 nitrogen and oxygen atoms in total. The molecule has 1 aliphatic heterocycles. The first-order valence-electron chi connectivity index (χ1n) is 8.61. The molecule has 1 N–H and O–H groups in total. The molecule has 0 fully saturated rings. The van der Waals surface area contributed by atoms with Crippen LogP contribution in [0.4, 0.5) is 0 Å². The van der Waals surface area contributed by atoms with Crippen LogP contribution in [0.1, 0.15) is 27.7 Å². The van der Waals surface area contributed by atoms with E-state index in [0.29, 0.717) is 18.2 Å². The van der Waals surface area contributed by atoms with Gasteiger partial charge in [-0.15, -0.1) is 0 Å². The number of hydrogen-bond donors (Lipinski definition) is 1. The molecule has 2 aromatic rings. The predicted octanol–water partition coefficient (Wildman–Crippen LogP) is 3.59. The van der Waals surface area contributed by atoms with Crippen molar-refractivity contribution >= 4 is 24.5 Å². The Labute approximate surface area is 160 Å². The maximum Gasteiger partial charge on any atom is 0.332 e. The molecule has 0 atom stereocenters. The fraction of sp³-hybridized carbons (Fsp3) is 0.400. The van der Waals surface area contributed by atoms with Crippen molar-refractivity contribution in [3.8, 4) is 22.6 Å². The molecule has 6 heteroatoms. The van der Waals surface area contributed by atoms with E-state index in [4.69, 9.17) is 25.7 Å². The van der Waals surface area contributed by atoms with Crippen LogP contribution in [0.25, 0.3) is 11.1 Å². The summed E-state index contributed by atoms with van der Waals surface area (Å²) in [6, 6.07) is 11.5. The molecular formula is C20H23BClO4. The predicted molar refractivity (Wildman–Crippen MR) is 105 cm³/mol. The van der Waals surface area contributed by atoms with Crippen LogP contribution in [-0.4, -0.2) is 37.0 Å². The number of aliphatic hydroxyl groups is 1. The van der Waals surface area contributed by atoms with Crippen molar-refractivity contribution in [2.24, 2.45) is 0 Å². The lowest BCUT2D eigenvalue weighted by Gasteiger charge is -2.37.